The van der Waals surface area contributed by atoms with Crippen LogP contribution < -0.4 is 11.3 Å². The number of nitrogen functional groups attached to an aromatic ring is 1. The van der Waals surface area contributed by atoms with Crippen LogP contribution in [0.25, 0.3) is 10.9 Å². The smallest absolute Gasteiger partial charge is 0.260 e. The van der Waals surface area contributed by atoms with Gasteiger partial charge in [0.25, 0.3) is 5.56 Å². The van der Waals surface area contributed by atoms with Gasteiger partial charge >= 0.3 is 0 Å². The highest BCUT2D eigenvalue weighted by atomic mass is 16.3. The Bertz CT molecular complexity index is 533. The third-order valence-electron chi connectivity index (χ3n) is 2.01. The number of nitrogens with zero attached hydrogens (tertiary/aromatic N) is 1. The Balaban J connectivity index is 2.94. The summed E-state index contributed by atoms with van der Waals surface area (Å²) >= 11 is 0. The molecule has 5 nitrogen and oxygen atoms in total. The number of nitrogens with one attached hydrogen (secondary N) is 1. The molecule has 0 saturated heterocycles. The van der Waals surface area contributed by atoms with Crippen molar-refractivity contribution in [2.75, 3.05) is 5.73 Å². The van der Waals surface area contributed by atoms with Gasteiger partial charge in [0.05, 0.1) is 17.5 Å². The quantitative estimate of drug-likeness (QED) is 0.591. The highest BCUT2D eigenvalue weighted by Gasteiger charge is 2.05. The molecule has 0 bridgehead atoms. The minimum atomic E-state index is -0.322. The molecule has 0 aliphatic rings. The van der Waals surface area contributed by atoms with Gasteiger partial charge in [-0.1, -0.05) is 12.1 Å². The first-order valence-corrected chi connectivity index (χ1v) is 4.10. The average molecular weight is 191 g/mol. The normalized spacial score (nSPS) is 10.6. The van der Waals surface area contributed by atoms with Gasteiger partial charge in [-0.2, -0.15) is 0 Å². The number of H-pyrrole nitrogens is 1. The van der Waals surface area contributed by atoms with Gasteiger partial charge in [0.15, 0.2) is 0 Å². The molecule has 2 rings (SSSR count). The molecule has 1 heterocycles. The molecule has 1 aromatic carbocycles. The molecule has 0 aliphatic heterocycles. The van der Waals surface area contributed by atoms with Crippen LogP contribution in [-0.4, -0.2) is 15.1 Å². The first kappa shape index (κ1) is 8.71. The third kappa shape index (κ3) is 1.23. The maximum Gasteiger partial charge on any atom is 0.260 e. The van der Waals surface area contributed by atoms with Gasteiger partial charge in [-0.3, -0.25) is 9.78 Å². The number of anilines is 1. The molecule has 0 unspecified atom stereocenters. The summed E-state index contributed by atoms with van der Waals surface area (Å²) in [5.74, 6) is 0.0811. The fourth-order valence-corrected chi connectivity index (χ4v) is 1.41. The molecule has 5 heteroatoms. The Labute approximate surface area is 79.2 Å². The zero-order valence-electron chi connectivity index (χ0n) is 7.32. The molecule has 0 saturated carbocycles. The maximum atomic E-state index is 11.5. The Morgan fingerprint density at radius 1 is 1.50 bits per heavy atom. The lowest BCUT2D eigenvalue weighted by Crippen LogP contribution is -2.12. The fourth-order valence-electron chi connectivity index (χ4n) is 1.41. The molecule has 0 aliphatic carbocycles. The minimum absolute atomic E-state index is 0.0811. The Hall–Kier alpha value is -1.88. The van der Waals surface area contributed by atoms with Gasteiger partial charge in [-0.15, -0.1) is 0 Å². The van der Waals surface area contributed by atoms with Gasteiger partial charge in [-0.05, 0) is 11.6 Å². The summed E-state index contributed by atoms with van der Waals surface area (Å²) in [7, 11) is 0. The number of aromatic amines is 1. The SMILES string of the molecule is Nc1nc2cccc(CO)c2c(=O)[nH]1. The summed E-state index contributed by atoms with van der Waals surface area (Å²) in [5.41, 5.74) is 6.12. The number of aromatic nitrogens is 2. The van der Waals surface area contributed by atoms with E-state index in [1.54, 1.807) is 18.2 Å². The molecule has 0 atom stereocenters. The van der Waals surface area contributed by atoms with Crippen molar-refractivity contribution in [3.63, 3.8) is 0 Å². The number of nitrogens with two attached hydrogens (primary N) is 1. The van der Waals surface area contributed by atoms with Crippen molar-refractivity contribution in [3.8, 4) is 0 Å². The molecule has 4 N–H and O–H groups in total. The van der Waals surface area contributed by atoms with E-state index in [2.05, 4.69) is 9.97 Å². The first-order chi connectivity index (χ1) is 6.72. The van der Waals surface area contributed by atoms with Gasteiger partial charge in [-0.25, -0.2) is 4.98 Å². The van der Waals surface area contributed by atoms with Gasteiger partial charge in [0.1, 0.15) is 0 Å². The van der Waals surface area contributed by atoms with Crippen LogP contribution in [0.5, 0.6) is 0 Å². The molecular weight excluding hydrogens is 182 g/mol. The molecule has 0 spiro atoms. The molecule has 0 amide bonds. The molecule has 14 heavy (non-hydrogen) atoms. The second kappa shape index (κ2) is 3.12. The zero-order chi connectivity index (χ0) is 10.1. The van der Waals surface area contributed by atoms with Crippen LogP contribution in [0.2, 0.25) is 0 Å². The lowest BCUT2D eigenvalue weighted by atomic mass is 10.1. The zero-order valence-corrected chi connectivity index (χ0v) is 7.32. The Morgan fingerprint density at radius 3 is 3.00 bits per heavy atom. The summed E-state index contributed by atoms with van der Waals surface area (Å²) in [6.45, 7) is -0.188. The molecule has 2 aromatic rings. The van der Waals surface area contributed by atoms with Crippen LogP contribution >= 0.6 is 0 Å². The molecule has 0 radical (unpaired) electrons. The van der Waals surface area contributed by atoms with Crippen LogP contribution in [-0.2, 0) is 6.61 Å². The van der Waals surface area contributed by atoms with E-state index in [0.717, 1.165) is 0 Å². The van der Waals surface area contributed by atoms with Crippen LogP contribution in [0.1, 0.15) is 5.56 Å². The number of aliphatic hydroxyl groups is 1. The van der Waals surface area contributed by atoms with Gasteiger partial charge < -0.3 is 10.8 Å². The third-order valence-corrected chi connectivity index (χ3v) is 2.01. The van der Waals surface area contributed by atoms with E-state index in [1.165, 1.54) is 0 Å². The van der Waals surface area contributed by atoms with Crippen molar-refractivity contribution < 1.29 is 5.11 Å². The van der Waals surface area contributed by atoms with E-state index in [0.29, 0.717) is 16.5 Å². The predicted molar refractivity (Wildman–Crippen MR) is 52.7 cm³/mol. The summed E-state index contributed by atoms with van der Waals surface area (Å²) in [6, 6.07) is 5.08. The van der Waals surface area contributed by atoms with Crippen molar-refractivity contribution in [2.45, 2.75) is 6.61 Å². The van der Waals surface area contributed by atoms with Gasteiger partial charge in [0.2, 0.25) is 5.95 Å². The lowest BCUT2D eigenvalue weighted by molar-refractivity contribution is 0.283. The topological polar surface area (TPSA) is 92.0 Å². The van der Waals surface area contributed by atoms with E-state index < -0.39 is 0 Å². The maximum absolute atomic E-state index is 11.5. The summed E-state index contributed by atoms with van der Waals surface area (Å²) in [4.78, 5) is 17.8. The van der Waals surface area contributed by atoms with Crippen LogP contribution in [0, 0.1) is 0 Å². The predicted octanol–water partition coefficient (Wildman–Crippen LogP) is -0.00240. The number of fused-ring (bicyclic) bond motifs is 1. The fraction of sp³-hybridized carbons (Fsp3) is 0.111. The van der Waals surface area contributed by atoms with Crippen LogP contribution in [0.15, 0.2) is 23.0 Å². The monoisotopic (exact) mass is 191 g/mol. The van der Waals surface area contributed by atoms with E-state index in [4.69, 9.17) is 10.8 Å². The van der Waals surface area contributed by atoms with E-state index in [1.807, 2.05) is 0 Å². The summed E-state index contributed by atoms with van der Waals surface area (Å²) in [6.07, 6.45) is 0. The lowest BCUT2D eigenvalue weighted by Gasteiger charge is -2.02. The largest absolute Gasteiger partial charge is 0.392 e. The number of benzene rings is 1. The number of aliphatic hydroxyl groups excluding tert-OH is 1. The first-order valence-electron chi connectivity index (χ1n) is 4.10. The highest BCUT2D eigenvalue weighted by molar-refractivity contribution is 5.81. The second-order valence-electron chi connectivity index (χ2n) is 2.92. The molecule has 72 valence electrons. The molecular formula is C9H9N3O2. The Morgan fingerprint density at radius 2 is 2.29 bits per heavy atom. The van der Waals surface area contributed by atoms with Gasteiger partial charge in [0, 0.05) is 0 Å². The summed E-state index contributed by atoms with van der Waals surface area (Å²) in [5, 5.41) is 9.41. The number of hydrogen-bond acceptors (Lipinski definition) is 4. The second-order valence-corrected chi connectivity index (χ2v) is 2.92. The van der Waals surface area contributed by atoms with Crippen molar-refractivity contribution in [3.05, 3.63) is 34.1 Å². The van der Waals surface area contributed by atoms with Crippen molar-refractivity contribution in [1.82, 2.24) is 9.97 Å². The van der Waals surface area contributed by atoms with Crippen LogP contribution in [0.4, 0.5) is 5.95 Å². The van der Waals surface area contributed by atoms with Crippen LogP contribution in [0.3, 0.4) is 0 Å². The Kier molecular flexibility index (Phi) is 1.94. The number of rotatable bonds is 1. The van der Waals surface area contributed by atoms with Crippen molar-refractivity contribution in [1.29, 1.82) is 0 Å². The summed E-state index contributed by atoms with van der Waals surface area (Å²) < 4.78 is 0. The minimum Gasteiger partial charge on any atom is -0.392 e. The van der Waals surface area contributed by atoms with E-state index in [-0.39, 0.29) is 18.1 Å². The average Bonchev–Trinajstić information content (AvgIpc) is 2.16. The van der Waals surface area contributed by atoms with Crippen molar-refractivity contribution in [2.24, 2.45) is 0 Å². The molecule has 0 fully saturated rings. The van der Waals surface area contributed by atoms with E-state index in [9.17, 15) is 4.79 Å². The number of hydrogen-bond donors (Lipinski definition) is 3. The van der Waals surface area contributed by atoms with E-state index >= 15 is 0 Å². The standard InChI is InChI=1S/C9H9N3O2/c10-9-11-6-3-1-2-5(4-13)7(6)8(14)12-9/h1-3,13H,4H2,(H3,10,11,12,14). The molecule has 1 aromatic heterocycles. The van der Waals surface area contributed by atoms with Crippen molar-refractivity contribution >= 4 is 16.9 Å². The highest BCUT2D eigenvalue weighted by Crippen LogP contribution is 2.12.